The Morgan fingerprint density at radius 1 is 1.06 bits per heavy atom. The third kappa shape index (κ3) is 4.14. The molecule has 6 nitrogen and oxygen atoms in total. The summed E-state index contributed by atoms with van der Waals surface area (Å²) in [5.74, 6) is 0.846. The SMILES string of the molecule is CCCCCn1c(=O)c2ccccc2n2c(SCC(=O)c3cc(C)ccc3C)nnc12. The van der Waals surface area contributed by atoms with Crippen LogP contribution in [0.15, 0.2) is 52.4 Å². The summed E-state index contributed by atoms with van der Waals surface area (Å²) < 4.78 is 3.62. The fraction of sp³-hybridized carbons (Fsp3) is 0.333. The molecule has 0 radical (unpaired) electrons. The standard InChI is InChI=1S/C24H26N4O2S/c1-4-5-8-13-27-22(30)18-9-6-7-10-20(18)28-23(27)25-26-24(28)31-15-21(29)19-14-16(2)11-12-17(19)3/h6-7,9-12,14H,4-5,8,13,15H2,1-3H3. The van der Waals surface area contributed by atoms with E-state index < -0.39 is 0 Å². The van der Waals surface area contributed by atoms with Crippen LogP contribution in [0.3, 0.4) is 0 Å². The van der Waals surface area contributed by atoms with Gasteiger partial charge in [-0.3, -0.25) is 18.6 Å². The Balaban J connectivity index is 1.73. The molecule has 4 aromatic rings. The number of fused-ring (bicyclic) bond motifs is 3. The fourth-order valence-electron chi connectivity index (χ4n) is 3.79. The summed E-state index contributed by atoms with van der Waals surface area (Å²) in [6.07, 6.45) is 3.03. The lowest BCUT2D eigenvalue weighted by atomic mass is 10.0. The number of hydrogen-bond donors (Lipinski definition) is 0. The third-order valence-corrected chi connectivity index (χ3v) is 6.42. The van der Waals surface area contributed by atoms with Gasteiger partial charge in [-0.25, -0.2) is 0 Å². The quantitative estimate of drug-likeness (QED) is 0.226. The molecule has 31 heavy (non-hydrogen) atoms. The molecule has 0 fully saturated rings. The average molecular weight is 435 g/mol. The van der Waals surface area contributed by atoms with E-state index >= 15 is 0 Å². The van der Waals surface area contributed by atoms with Crippen LogP contribution in [0.25, 0.3) is 16.7 Å². The monoisotopic (exact) mass is 434 g/mol. The van der Waals surface area contributed by atoms with E-state index in [0.717, 1.165) is 41.5 Å². The third-order valence-electron chi connectivity index (χ3n) is 5.49. The number of carbonyl (C=O) groups is 1. The van der Waals surface area contributed by atoms with Crippen LogP contribution in [0, 0.1) is 13.8 Å². The van der Waals surface area contributed by atoms with Crippen LogP contribution in [0.5, 0.6) is 0 Å². The Labute approximate surface area is 185 Å². The maximum atomic E-state index is 13.1. The lowest BCUT2D eigenvalue weighted by Gasteiger charge is -2.11. The van der Waals surface area contributed by atoms with Crippen LogP contribution < -0.4 is 5.56 Å². The van der Waals surface area contributed by atoms with Crippen molar-refractivity contribution in [2.24, 2.45) is 0 Å². The van der Waals surface area contributed by atoms with Gasteiger partial charge in [0.2, 0.25) is 5.78 Å². The summed E-state index contributed by atoms with van der Waals surface area (Å²) in [6.45, 7) is 6.68. The normalized spacial score (nSPS) is 11.5. The van der Waals surface area contributed by atoms with Crippen LogP contribution in [0.4, 0.5) is 0 Å². The zero-order chi connectivity index (χ0) is 22.0. The number of aryl methyl sites for hydroxylation is 3. The number of thioether (sulfide) groups is 1. The Morgan fingerprint density at radius 3 is 2.68 bits per heavy atom. The summed E-state index contributed by atoms with van der Waals surface area (Å²) in [4.78, 5) is 26.0. The van der Waals surface area contributed by atoms with Crippen LogP contribution in [-0.2, 0) is 6.54 Å². The maximum absolute atomic E-state index is 13.1. The first-order valence-corrected chi connectivity index (χ1v) is 11.6. The molecule has 0 amide bonds. The number of benzene rings is 2. The zero-order valence-electron chi connectivity index (χ0n) is 18.1. The highest BCUT2D eigenvalue weighted by atomic mass is 32.2. The predicted octanol–water partition coefficient (Wildman–Crippen LogP) is 4.83. The number of carbonyl (C=O) groups excluding carboxylic acids is 1. The van der Waals surface area contributed by atoms with Gasteiger partial charge >= 0.3 is 0 Å². The number of ketones is 1. The number of aromatic nitrogens is 4. The summed E-state index contributed by atoms with van der Waals surface area (Å²) in [7, 11) is 0. The molecule has 2 aromatic carbocycles. The topological polar surface area (TPSA) is 69.3 Å². The molecule has 2 aromatic heterocycles. The second-order valence-electron chi connectivity index (χ2n) is 7.83. The molecule has 0 aliphatic rings. The van der Waals surface area contributed by atoms with Crippen molar-refractivity contribution in [3.05, 3.63) is 69.5 Å². The summed E-state index contributed by atoms with van der Waals surface area (Å²) >= 11 is 1.36. The van der Waals surface area contributed by atoms with Gasteiger partial charge in [0.1, 0.15) is 0 Å². The van der Waals surface area contributed by atoms with Crippen molar-refractivity contribution in [2.45, 2.75) is 51.7 Å². The minimum Gasteiger partial charge on any atom is -0.293 e. The minimum absolute atomic E-state index is 0.0467. The van der Waals surface area contributed by atoms with Gasteiger partial charge in [-0.1, -0.05) is 61.4 Å². The highest BCUT2D eigenvalue weighted by Crippen LogP contribution is 2.23. The fourth-order valence-corrected chi connectivity index (χ4v) is 4.62. The summed E-state index contributed by atoms with van der Waals surface area (Å²) in [6, 6.07) is 13.4. The van der Waals surface area contributed by atoms with Gasteiger partial charge in [0.25, 0.3) is 5.56 Å². The molecule has 0 saturated carbocycles. The molecule has 0 unspecified atom stereocenters. The molecule has 0 atom stereocenters. The van der Waals surface area contributed by atoms with Gasteiger partial charge in [-0.15, -0.1) is 10.2 Å². The van der Waals surface area contributed by atoms with Crippen molar-refractivity contribution in [3.63, 3.8) is 0 Å². The van der Waals surface area contributed by atoms with E-state index in [0.29, 0.717) is 22.9 Å². The van der Waals surface area contributed by atoms with E-state index in [1.807, 2.05) is 60.7 Å². The molecule has 0 saturated heterocycles. The second kappa shape index (κ2) is 9.06. The Kier molecular flexibility index (Phi) is 6.23. The molecule has 0 N–H and O–H groups in total. The van der Waals surface area contributed by atoms with Crippen LogP contribution >= 0.6 is 11.8 Å². The van der Waals surface area contributed by atoms with E-state index in [1.54, 1.807) is 4.57 Å². The zero-order valence-corrected chi connectivity index (χ0v) is 18.9. The summed E-state index contributed by atoms with van der Waals surface area (Å²) in [5, 5.41) is 9.93. The van der Waals surface area contributed by atoms with Crippen molar-refractivity contribution >= 4 is 34.2 Å². The molecule has 0 spiro atoms. The first-order chi connectivity index (χ1) is 15.0. The van der Waals surface area contributed by atoms with E-state index in [1.165, 1.54) is 11.8 Å². The van der Waals surface area contributed by atoms with E-state index in [2.05, 4.69) is 17.1 Å². The van der Waals surface area contributed by atoms with Crippen molar-refractivity contribution in [1.29, 1.82) is 0 Å². The van der Waals surface area contributed by atoms with Crippen molar-refractivity contribution < 1.29 is 4.79 Å². The highest BCUT2D eigenvalue weighted by molar-refractivity contribution is 7.99. The van der Waals surface area contributed by atoms with Gasteiger partial charge < -0.3 is 0 Å². The number of hydrogen-bond acceptors (Lipinski definition) is 5. The van der Waals surface area contributed by atoms with E-state index in [-0.39, 0.29) is 17.1 Å². The number of nitrogens with zero attached hydrogens (tertiary/aromatic N) is 4. The molecule has 0 aliphatic carbocycles. The molecular formula is C24H26N4O2S. The number of rotatable bonds is 8. The number of para-hydroxylation sites is 1. The molecule has 0 aliphatic heterocycles. The van der Waals surface area contributed by atoms with Crippen LogP contribution in [0.2, 0.25) is 0 Å². The Morgan fingerprint density at radius 2 is 1.87 bits per heavy atom. The first-order valence-electron chi connectivity index (χ1n) is 10.6. The smallest absolute Gasteiger partial charge is 0.262 e. The van der Waals surface area contributed by atoms with Crippen molar-refractivity contribution in [2.75, 3.05) is 5.75 Å². The molecule has 160 valence electrons. The second-order valence-corrected chi connectivity index (χ2v) is 8.77. The molecule has 0 bridgehead atoms. The molecule has 7 heteroatoms. The Bertz CT molecular complexity index is 1320. The number of Topliss-reactive ketones (excluding diaryl/α,β-unsaturated/α-hetero) is 1. The van der Waals surface area contributed by atoms with E-state index in [4.69, 9.17) is 0 Å². The van der Waals surface area contributed by atoms with E-state index in [9.17, 15) is 9.59 Å². The van der Waals surface area contributed by atoms with Crippen LogP contribution in [-0.4, -0.2) is 30.7 Å². The molecule has 4 rings (SSSR count). The van der Waals surface area contributed by atoms with Crippen molar-refractivity contribution in [3.8, 4) is 0 Å². The first kappa shape index (κ1) is 21.3. The van der Waals surface area contributed by atoms with Gasteiger partial charge in [0.15, 0.2) is 10.9 Å². The minimum atomic E-state index is -0.0467. The predicted molar refractivity (Wildman–Crippen MR) is 125 cm³/mol. The maximum Gasteiger partial charge on any atom is 0.262 e. The van der Waals surface area contributed by atoms with Crippen molar-refractivity contribution in [1.82, 2.24) is 19.2 Å². The van der Waals surface area contributed by atoms with Gasteiger partial charge in [-0.05, 0) is 44.0 Å². The average Bonchev–Trinajstić information content (AvgIpc) is 3.20. The van der Waals surface area contributed by atoms with Crippen LogP contribution in [0.1, 0.15) is 47.7 Å². The summed E-state index contributed by atoms with van der Waals surface area (Å²) in [5.41, 5.74) is 3.49. The largest absolute Gasteiger partial charge is 0.293 e. The highest BCUT2D eigenvalue weighted by Gasteiger charge is 2.18. The Hall–Kier alpha value is -2.93. The van der Waals surface area contributed by atoms with Gasteiger partial charge in [-0.2, -0.15) is 0 Å². The van der Waals surface area contributed by atoms with Gasteiger partial charge in [0.05, 0.1) is 16.7 Å². The molecular weight excluding hydrogens is 408 g/mol. The number of unbranched alkanes of at least 4 members (excludes halogenated alkanes) is 2. The van der Waals surface area contributed by atoms with Gasteiger partial charge in [0, 0.05) is 12.1 Å². The molecule has 2 heterocycles. The lowest BCUT2D eigenvalue weighted by molar-refractivity contribution is 0.102. The lowest BCUT2D eigenvalue weighted by Crippen LogP contribution is -2.23.